The molecule has 2 aromatic heterocycles. The van der Waals surface area contributed by atoms with Crippen LogP contribution in [-0.2, 0) is 4.74 Å². The van der Waals surface area contributed by atoms with Crippen LogP contribution in [0.15, 0.2) is 36.8 Å². The molecule has 1 aromatic carbocycles. The number of benzene rings is 1. The summed E-state index contributed by atoms with van der Waals surface area (Å²) in [6, 6.07) is 6.61. The number of anilines is 1. The van der Waals surface area contributed by atoms with Crippen molar-refractivity contribution in [2.24, 2.45) is 0 Å². The van der Waals surface area contributed by atoms with Gasteiger partial charge in [-0.05, 0) is 31.5 Å². The van der Waals surface area contributed by atoms with Crippen LogP contribution in [0.25, 0.3) is 16.6 Å². The quantitative estimate of drug-likeness (QED) is 0.782. The lowest BCUT2D eigenvalue weighted by atomic mass is 9.98. The number of hydrogen-bond donors (Lipinski definition) is 1. The smallest absolute Gasteiger partial charge is 0.103 e. The van der Waals surface area contributed by atoms with Gasteiger partial charge in [-0.3, -0.25) is 10.00 Å². The van der Waals surface area contributed by atoms with Crippen molar-refractivity contribution in [3.05, 3.63) is 36.8 Å². The Morgan fingerprint density at radius 2 is 2.00 bits per heavy atom. The van der Waals surface area contributed by atoms with Crippen molar-refractivity contribution in [1.29, 1.82) is 0 Å². The van der Waals surface area contributed by atoms with E-state index >= 15 is 0 Å². The maximum atomic E-state index is 5.64. The van der Waals surface area contributed by atoms with Gasteiger partial charge < -0.3 is 9.64 Å². The standard InChI is InChI=1S/C19H24N6O/c1-19(4-9-26-14-19)24-7-5-23(6-8-24)16-3-2-15-11-22-25(18(15)10-16)17-12-20-21-13-17/h2-3,10-13H,4-9,14H2,1H3,(H,20,21). The molecule has 2 aliphatic heterocycles. The van der Waals surface area contributed by atoms with Crippen LogP contribution in [0.3, 0.4) is 0 Å². The van der Waals surface area contributed by atoms with E-state index < -0.39 is 0 Å². The van der Waals surface area contributed by atoms with Crippen LogP contribution in [0.5, 0.6) is 0 Å². The van der Waals surface area contributed by atoms with E-state index in [0.717, 1.165) is 62.4 Å². The van der Waals surface area contributed by atoms with Crippen LogP contribution >= 0.6 is 0 Å². The molecule has 3 aromatic rings. The summed E-state index contributed by atoms with van der Waals surface area (Å²) < 4.78 is 7.58. The van der Waals surface area contributed by atoms with Gasteiger partial charge in [-0.15, -0.1) is 0 Å². The van der Waals surface area contributed by atoms with Crippen molar-refractivity contribution in [3.8, 4) is 5.69 Å². The highest BCUT2D eigenvalue weighted by Crippen LogP contribution is 2.29. The van der Waals surface area contributed by atoms with E-state index in [4.69, 9.17) is 4.74 Å². The summed E-state index contributed by atoms with van der Waals surface area (Å²) in [5.41, 5.74) is 3.55. The minimum Gasteiger partial charge on any atom is -0.379 e. The Kier molecular flexibility index (Phi) is 3.72. The van der Waals surface area contributed by atoms with E-state index in [0.29, 0.717) is 0 Å². The van der Waals surface area contributed by atoms with Gasteiger partial charge in [0.15, 0.2) is 0 Å². The summed E-state index contributed by atoms with van der Waals surface area (Å²) in [7, 11) is 0. The van der Waals surface area contributed by atoms with Gasteiger partial charge in [0, 0.05) is 55.6 Å². The molecule has 0 radical (unpaired) electrons. The van der Waals surface area contributed by atoms with Crippen LogP contribution in [0.1, 0.15) is 13.3 Å². The topological polar surface area (TPSA) is 62.2 Å². The van der Waals surface area contributed by atoms with Gasteiger partial charge in [-0.2, -0.15) is 10.2 Å². The Morgan fingerprint density at radius 3 is 2.73 bits per heavy atom. The second-order valence-corrected chi connectivity index (χ2v) is 7.53. The third-order valence-electron chi connectivity index (χ3n) is 5.89. The zero-order valence-electron chi connectivity index (χ0n) is 15.1. The molecule has 1 N–H and O–H groups in total. The first-order valence-corrected chi connectivity index (χ1v) is 9.28. The number of hydrogen-bond acceptors (Lipinski definition) is 5. The molecule has 7 nitrogen and oxygen atoms in total. The van der Waals surface area contributed by atoms with Gasteiger partial charge in [0.2, 0.25) is 0 Å². The molecule has 0 saturated carbocycles. The van der Waals surface area contributed by atoms with Gasteiger partial charge in [0.25, 0.3) is 0 Å². The summed E-state index contributed by atoms with van der Waals surface area (Å²) in [5.74, 6) is 0. The number of rotatable bonds is 3. The van der Waals surface area contributed by atoms with Crippen LogP contribution < -0.4 is 4.90 Å². The Morgan fingerprint density at radius 1 is 1.12 bits per heavy atom. The van der Waals surface area contributed by atoms with Crippen molar-refractivity contribution in [3.63, 3.8) is 0 Å². The lowest BCUT2D eigenvalue weighted by Crippen LogP contribution is -2.56. The van der Waals surface area contributed by atoms with E-state index in [9.17, 15) is 0 Å². The molecule has 2 aliphatic rings. The highest BCUT2D eigenvalue weighted by Gasteiger charge is 2.37. The first-order chi connectivity index (χ1) is 12.7. The zero-order valence-corrected chi connectivity index (χ0v) is 15.1. The fourth-order valence-corrected chi connectivity index (χ4v) is 4.18. The van der Waals surface area contributed by atoms with Crippen molar-refractivity contribution < 1.29 is 4.74 Å². The summed E-state index contributed by atoms with van der Waals surface area (Å²) in [6.07, 6.45) is 6.71. The third-order valence-corrected chi connectivity index (χ3v) is 5.89. The SMILES string of the molecule is CC1(N2CCN(c3ccc4cnn(-c5cn[nH]c5)c4c3)CC2)CCOC1. The van der Waals surface area contributed by atoms with E-state index in [2.05, 4.69) is 50.2 Å². The van der Waals surface area contributed by atoms with Crippen molar-refractivity contribution >= 4 is 16.6 Å². The summed E-state index contributed by atoms with van der Waals surface area (Å²) >= 11 is 0. The number of nitrogens with zero attached hydrogens (tertiary/aromatic N) is 5. The van der Waals surface area contributed by atoms with Crippen LogP contribution in [0.4, 0.5) is 5.69 Å². The number of fused-ring (bicyclic) bond motifs is 1. The number of aromatic amines is 1. The van der Waals surface area contributed by atoms with Crippen LogP contribution in [-0.4, -0.2) is 69.8 Å². The number of aromatic nitrogens is 4. The van der Waals surface area contributed by atoms with Gasteiger partial charge in [0.1, 0.15) is 5.69 Å². The Hall–Kier alpha value is -2.38. The van der Waals surface area contributed by atoms with E-state index in [-0.39, 0.29) is 5.54 Å². The largest absolute Gasteiger partial charge is 0.379 e. The molecule has 0 bridgehead atoms. The molecular weight excluding hydrogens is 328 g/mol. The molecule has 2 saturated heterocycles. The fourth-order valence-electron chi connectivity index (χ4n) is 4.18. The zero-order chi connectivity index (χ0) is 17.6. The first-order valence-electron chi connectivity index (χ1n) is 9.28. The molecule has 4 heterocycles. The van der Waals surface area contributed by atoms with Crippen molar-refractivity contribution in [2.75, 3.05) is 44.3 Å². The predicted molar refractivity (Wildman–Crippen MR) is 101 cm³/mol. The Labute approximate surface area is 152 Å². The monoisotopic (exact) mass is 352 g/mol. The minimum atomic E-state index is 0.218. The maximum absolute atomic E-state index is 5.64. The fraction of sp³-hybridized carbons (Fsp3) is 0.474. The molecule has 2 fully saturated rings. The second-order valence-electron chi connectivity index (χ2n) is 7.53. The normalized spacial score (nSPS) is 24.6. The third kappa shape index (κ3) is 2.59. The molecule has 0 aliphatic carbocycles. The molecule has 1 unspecified atom stereocenters. The van der Waals surface area contributed by atoms with Crippen molar-refractivity contribution in [1.82, 2.24) is 24.9 Å². The Bertz CT molecular complexity index is 888. The lowest BCUT2D eigenvalue weighted by molar-refractivity contribution is 0.0745. The maximum Gasteiger partial charge on any atom is 0.103 e. The molecule has 0 amide bonds. The predicted octanol–water partition coefficient (Wildman–Crippen LogP) is 2.05. The number of nitrogens with one attached hydrogen (secondary N) is 1. The number of H-pyrrole nitrogens is 1. The van der Waals surface area contributed by atoms with Gasteiger partial charge in [-0.1, -0.05) is 0 Å². The molecule has 1 atom stereocenters. The van der Waals surface area contributed by atoms with Gasteiger partial charge in [-0.25, -0.2) is 4.68 Å². The van der Waals surface area contributed by atoms with Gasteiger partial charge in [0.05, 0.1) is 24.5 Å². The second kappa shape index (κ2) is 6.10. The number of piperazine rings is 1. The molecule has 5 rings (SSSR count). The van der Waals surface area contributed by atoms with Crippen molar-refractivity contribution in [2.45, 2.75) is 18.9 Å². The molecule has 26 heavy (non-hydrogen) atoms. The number of ether oxygens (including phenoxy) is 1. The minimum absolute atomic E-state index is 0.218. The van der Waals surface area contributed by atoms with E-state index in [1.165, 1.54) is 5.69 Å². The summed E-state index contributed by atoms with van der Waals surface area (Å²) in [5, 5.41) is 12.6. The van der Waals surface area contributed by atoms with Crippen LogP contribution in [0, 0.1) is 0 Å². The van der Waals surface area contributed by atoms with E-state index in [1.807, 2.05) is 17.1 Å². The van der Waals surface area contributed by atoms with Crippen LogP contribution in [0.2, 0.25) is 0 Å². The highest BCUT2D eigenvalue weighted by molar-refractivity contribution is 5.84. The summed E-state index contributed by atoms with van der Waals surface area (Å²) in [6.45, 7) is 8.35. The molecule has 136 valence electrons. The molecule has 7 heteroatoms. The summed E-state index contributed by atoms with van der Waals surface area (Å²) in [4.78, 5) is 5.08. The molecule has 0 spiro atoms. The first kappa shape index (κ1) is 15.8. The average Bonchev–Trinajstić information content (AvgIpc) is 3.42. The van der Waals surface area contributed by atoms with E-state index in [1.54, 1.807) is 6.20 Å². The Balaban J connectivity index is 1.37. The van der Waals surface area contributed by atoms with Gasteiger partial charge >= 0.3 is 0 Å². The molecular formula is C19H24N6O. The highest BCUT2D eigenvalue weighted by atomic mass is 16.5. The lowest BCUT2D eigenvalue weighted by Gasteiger charge is -2.44. The average molecular weight is 352 g/mol.